The zero-order chi connectivity index (χ0) is 22.0. The molecule has 6 nitrogen and oxygen atoms in total. The van der Waals surface area contributed by atoms with Crippen molar-refractivity contribution < 1.29 is 17.9 Å². The van der Waals surface area contributed by atoms with Gasteiger partial charge in [-0.1, -0.05) is 23.7 Å². The van der Waals surface area contributed by atoms with E-state index in [-0.39, 0.29) is 18.9 Å². The van der Waals surface area contributed by atoms with Crippen LogP contribution in [0.5, 0.6) is 5.75 Å². The second-order valence-corrected chi connectivity index (χ2v) is 10.1. The molecule has 0 aromatic heterocycles. The molecule has 0 aliphatic rings. The van der Waals surface area contributed by atoms with Gasteiger partial charge in [-0.2, -0.15) is 11.8 Å². The molecule has 0 aliphatic carbocycles. The Morgan fingerprint density at radius 2 is 1.93 bits per heavy atom. The van der Waals surface area contributed by atoms with Crippen molar-refractivity contribution in [3.05, 3.63) is 59.1 Å². The number of anilines is 1. The molecule has 2 aromatic carbocycles. The van der Waals surface area contributed by atoms with Gasteiger partial charge in [-0.15, -0.1) is 0 Å². The van der Waals surface area contributed by atoms with E-state index in [0.29, 0.717) is 24.4 Å². The Morgan fingerprint density at radius 1 is 1.20 bits per heavy atom. The lowest BCUT2D eigenvalue weighted by Gasteiger charge is -2.22. The van der Waals surface area contributed by atoms with Gasteiger partial charge >= 0.3 is 0 Å². The Morgan fingerprint density at radius 3 is 2.57 bits per heavy atom. The van der Waals surface area contributed by atoms with E-state index in [0.717, 1.165) is 28.3 Å². The van der Waals surface area contributed by atoms with Crippen LogP contribution >= 0.6 is 23.4 Å². The standard InChI is InChI=1S/C21H27ClN2O4S2/c1-28-20-10-8-19(9-11-20)24(30(2,26)27)13-4-7-21(25)23-12-14-29-16-17-5-3-6-18(22)15-17/h3,5-6,8-11,15H,4,7,12-14,16H2,1-2H3,(H,23,25). The maximum atomic E-state index is 12.1. The Balaban J connectivity index is 1.70. The number of ether oxygens (including phenoxy) is 1. The fraction of sp³-hybridized carbons (Fsp3) is 0.381. The van der Waals surface area contributed by atoms with Crippen LogP contribution in [0, 0.1) is 0 Å². The molecule has 2 rings (SSSR count). The second kappa shape index (κ2) is 12.1. The molecule has 164 valence electrons. The van der Waals surface area contributed by atoms with Crippen molar-refractivity contribution in [2.45, 2.75) is 18.6 Å². The third-order valence-electron chi connectivity index (χ3n) is 4.25. The van der Waals surface area contributed by atoms with E-state index < -0.39 is 10.0 Å². The summed E-state index contributed by atoms with van der Waals surface area (Å²) in [5, 5.41) is 3.60. The fourth-order valence-corrected chi connectivity index (χ4v) is 4.77. The smallest absolute Gasteiger partial charge is 0.232 e. The predicted octanol–water partition coefficient (Wildman–Crippen LogP) is 3.94. The average molecular weight is 471 g/mol. The fourth-order valence-electron chi connectivity index (χ4n) is 2.79. The first-order chi connectivity index (χ1) is 14.3. The highest BCUT2D eigenvalue weighted by atomic mass is 35.5. The number of halogens is 1. The molecule has 0 unspecified atom stereocenters. The van der Waals surface area contributed by atoms with Crippen LogP contribution in [0.25, 0.3) is 0 Å². The molecular weight excluding hydrogens is 444 g/mol. The van der Waals surface area contributed by atoms with Crippen LogP contribution < -0.4 is 14.4 Å². The summed E-state index contributed by atoms with van der Waals surface area (Å²) in [4.78, 5) is 12.0. The SMILES string of the molecule is COc1ccc(N(CCCC(=O)NCCSCc2cccc(Cl)c2)S(C)(=O)=O)cc1. The van der Waals surface area contributed by atoms with Gasteiger partial charge in [0.2, 0.25) is 15.9 Å². The van der Waals surface area contributed by atoms with E-state index in [1.165, 1.54) is 4.31 Å². The molecule has 0 radical (unpaired) electrons. The minimum absolute atomic E-state index is 0.0819. The summed E-state index contributed by atoms with van der Waals surface area (Å²) in [5.74, 6) is 2.20. The number of amides is 1. The first-order valence-corrected chi connectivity index (χ1v) is 12.9. The maximum absolute atomic E-state index is 12.1. The number of nitrogens with one attached hydrogen (secondary N) is 1. The molecule has 0 saturated heterocycles. The van der Waals surface area contributed by atoms with Crippen molar-refractivity contribution in [2.75, 3.05) is 36.5 Å². The third-order valence-corrected chi connectivity index (χ3v) is 6.71. The van der Waals surface area contributed by atoms with Gasteiger partial charge in [0.1, 0.15) is 5.75 Å². The van der Waals surface area contributed by atoms with E-state index in [2.05, 4.69) is 5.32 Å². The van der Waals surface area contributed by atoms with Gasteiger partial charge in [-0.3, -0.25) is 9.10 Å². The molecule has 30 heavy (non-hydrogen) atoms. The lowest BCUT2D eigenvalue weighted by molar-refractivity contribution is -0.121. The molecule has 0 bridgehead atoms. The highest BCUT2D eigenvalue weighted by molar-refractivity contribution is 7.98. The summed E-state index contributed by atoms with van der Waals surface area (Å²) in [6.45, 7) is 0.806. The number of rotatable bonds is 12. The first kappa shape index (κ1) is 24.4. The van der Waals surface area contributed by atoms with Crippen LogP contribution in [-0.4, -0.2) is 46.5 Å². The lowest BCUT2D eigenvalue weighted by Crippen LogP contribution is -2.32. The number of nitrogens with zero attached hydrogens (tertiary/aromatic N) is 1. The van der Waals surface area contributed by atoms with Crippen molar-refractivity contribution in [2.24, 2.45) is 0 Å². The van der Waals surface area contributed by atoms with E-state index >= 15 is 0 Å². The van der Waals surface area contributed by atoms with Crippen molar-refractivity contribution in [1.29, 1.82) is 0 Å². The zero-order valence-electron chi connectivity index (χ0n) is 17.1. The average Bonchev–Trinajstić information content (AvgIpc) is 2.70. The number of methoxy groups -OCH3 is 1. The van der Waals surface area contributed by atoms with Crippen LogP contribution in [-0.2, 0) is 20.6 Å². The summed E-state index contributed by atoms with van der Waals surface area (Å²) in [6.07, 6.45) is 1.86. The van der Waals surface area contributed by atoms with Gasteiger partial charge in [-0.25, -0.2) is 8.42 Å². The minimum atomic E-state index is -3.44. The highest BCUT2D eigenvalue weighted by Gasteiger charge is 2.17. The van der Waals surface area contributed by atoms with E-state index in [9.17, 15) is 13.2 Å². The van der Waals surface area contributed by atoms with Crippen LogP contribution in [0.15, 0.2) is 48.5 Å². The quantitative estimate of drug-likeness (QED) is 0.475. The molecule has 0 saturated carbocycles. The summed E-state index contributed by atoms with van der Waals surface area (Å²) < 4.78 is 30.7. The van der Waals surface area contributed by atoms with Crippen LogP contribution in [0.1, 0.15) is 18.4 Å². The summed E-state index contributed by atoms with van der Waals surface area (Å²) in [7, 11) is -1.89. The van der Waals surface area contributed by atoms with Crippen LogP contribution in [0.2, 0.25) is 5.02 Å². The molecule has 0 spiro atoms. The van der Waals surface area contributed by atoms with E-state index in [1.807, 2.05) is 24.3 Å². The van der Waals surface area contributed by atoms with Gasteiger partial charge in [0.05, 0.1) is 19.1 Å². The first-order valence-electron chi connectivity index (χ1n) is 9.50. The van der Waals surface area contributed by atoms with Crippen molar-refractivity contribution in [1.82, 2.24) is 5.32 Å². The van der Waals surface area contributed by atoms with Gasteiger partial charge in [0.25, 0.3) is 0 Å². The molecule has 1 amide bonds. The lowest BCUT2D eigenvalue weighted by atomic mass is 10.2. The number of carbonyl (C=O) groups excluding carboxylic acids is 1. The Hall–Kier alpha value is -1.90. The second-order valence-electron chi connectivity index (χ2n) is 6.67. The summed E-state index contributed by atoms with van der Waals surface area (Å²) in [6, 6.07) is 14.5. The topological polar surface area (TPSA) is 75.7 Å². The number of carbonyl (C=O) groups is 1. The minimum Gasteiger partial charge on any atom is -0.497 e. The molecule has 0 aliphatic heterocycles. The van der Waals surface area contributed by atoms with Crippen molar-refractivity contribution in [3.8, 4) is 5.75 Å². The number of hydrogen-bond donors (Lipinski definition) is 1. The molecule has 0 heterocycles. The largest absolute Gasteiger partial charge is 0.497 e. The van der Waals surface area contributed by atoms with Crippen molar-refractivity contribution >= 4 is 45.0 Å². The van der Waals surface area contributed by atoms with Gasteiger partial charge in [0.15, 0.2) is 0 Å². The number of hydrogen-bond acceptors (Lipinski definition) is 5. The number of sulfonamides is 1. The van der Waals surface area contributed by atoms with E-state index in [1.54, 1.807) is 43.1 Å². The molecule has 2 aromatic rings. The van der Waals surface area contributed by atoms with Gasteiger partial charge in [0, 0.05) is 36.0 Å². The van der Waals surface area contributed by atoms with Gasteiger partial charge in [-0.05, 0) is 48.4 Å². The summed E-state index contributed by atoms with van der Waals surface area (Å²) >= 11 is 7.68. The molecule has 1 N–H and O–H groups in total. The molecule has 0 atom stereocenters. The number of benzene rings is 2. The normalized spacial score (nSPS) is 11.2. The third kappa shape index (κ3) is 8.45. The molecule has 0 fully saturated rings. The highest BCUT2D eigenvalue weighted by Crippen LogP contribution is 2.22. The van der Waals surface area contributed by atoms with Gasteiger partial charge < -0.3 is 10.1 Å². The Bertz CT molecular complexity index is 921. The molecular formula is C21H27ClN2O4S2. The summed E-state index contributed by atoms with van der Waals surface area (Å²) in [5.41, 5.74) is 1.70. The maximum Gasteiger partial charge on any atom is 0.232 e. The predicted molar refractivity (Wildman–Crippen MR) is 125 cm³/mol. The van der Waals surface area contributed by atoms with Crippen LogP contribution in [0.4, 0.5) is 5.69 Å². The Labute approximate surface area is 188 Å². The number of thioether (sulfide) groups is 1. The molecule has 9 heteroatoms. The van der Waals surface area contributed by atoms with Crippen LogP contribution in [0.3, 0.4) is 0 Å². The Kier molecular flexibility index (Phi) is 9.81. The monoisotopic (exact) mass is 470 g/mol. The zero-order valence-corrected chi connectivity index (χ0v) is 19.5. The van der Waals surface area contributed by atoms with E-state index in [4.69, 9.17) is 16.3 Å². The van der Waals surface area contributed by atoms with Crippen molar-refractivity contribution in [3.63, 3.8) is 0 Å².